The van der Waals surface area contributed by atoms with Gasteiger partial charge in [0.2, 0.25) is 5.91 Å². The fraction of sp³-hybridized carbons (Fsp3) is 0.333. The number of hydrogen-bond donors (Lipinski definition) is 3. The van der Waals surface area contributed by atoms with Gasteiger partial charge in [-0.25, -0.2) is 10.3 Å². The zero-order chi connectivity index (χ0) is 24.7. The van der Waals surface area contributed by atoms with E-state index in [2.05, 4.69) is 15.7 Å². The molecule has 1 aliphatic heterocycles. The third-order valence-electron chi connectivity index (χ3n) is 5.58. The molecule has 0 radical (unpaired) electrons. The van der Waals surface area contributed by atoms with Crippen molar-refractivity contribution >= 4 is 23.8 Å². The van der Waals surface area contributed by atoms with Crippen LogP contribution in [0.25, 0.3) is 0 Å². The number of carbonyl (C=O) groups excluding carboxylic acids is 4. The van der Waals surface area contributed by atoms with E-state index in [0.29, 0.717) is 11.1 Å². The normalized spacial score (nSPS) is 18.2. The summed E-state index contributed by atoms with van der Waals surface area (Å²) in [6.07, 6.45) is -0.0849. The Labute approximate surface area is 197 Å². The van der Waals surface area contributed by atoms with Crippen molar-refractivity contribution < 1.29 is 23.9 Å². The van der Waals surface area contributed by atoms with E-state index >= 15 is 0 Å². The first-order valence-corrected chi connectivity index (χ1v) is 10.8. The molecule has 1 saturated heterocycles. The predicted octanol–water partition coefficient (Wildman–Crippen LogP) is 2.80. The molecule has 0 aliphatic carbocycles. The summed E-state index contributed by atoms with van der Waals surface area (Å²) in [6, 6.07) is 14.4. The van der Waals surface area contributed by atoms with Crippen molar-refractivity contribution in [2.75, 3.05) is 13.2 Å². The van der Waals surface area contributed by atoms with Gasteiger partial charge < -0.3 is 15.4 Å². The van der Waals surface area contributed by atoms with Crippen LogP contribution >= 0.6 is 0 Å². The van der Waals surface area contributed by atoms with Gasteiger partial charge in [-0.15, -0.1) is 0 Å². The molecule has 2 aromatic carbocycles. The molecule has 0 unspecified atom stereocenters. The van der Waals surface area contributed by atoms with E-state index in [9.17, 15) is 19.2 Å². The van der Waals surface area contributed by atoms with Crippen LogP contribution in [-0.4, -0.2) is 41.9 Å². The van der Waals surface area contributed by atoms with Crippen LogP contribution in [0.15, 0.2) is 59.7 Å². The smallest absolute Gasteiger partial charge is 0.325 e. The fourth-order valence-electron chi connectivity index (χ4n) is 3.78. The first-order valence-electron chi connectivity index (χ1n) is 10.8. The minimum Gasteiger partial charge on any atom is -0.466 e. The highest BCUT2D eigenvalue weighted by Gasteiger charge is 2.49. The third kappa shape index (κ3) is 5.45. The first kappa shape index (κ1) is 24.6. The van der Waals surface area contributed by atoms with Crippen molar-refractivity contribution in [3.05, 3.63) is 71.3 Å². The Hall–Kier alpha value is -4.08. The molecular weight excluding hydrogens is 438 g/mol. The van der Waals surface area contributed by atoms with Crippen LogP contribution in [0.1, 0.15) is 43.0 Å². The molecule has 0 bridgehead atoms. The maximum absolute atomic E-state index is 13.1. The molecule has 178 valence electrons. The molecule has 2 atom stereocenters. The Morgan fingerprint density at radius 1 is 1.15 bits per heavy atom. The van der Waals surface area contributed by atoms with Crippen LogP contribution in [0.3, 0.4) is 0 Å². The number of hydrogen-bond acceptors (Lipinski definition) is 7. The number of esters is 1. The maximum Gasteiger partial charge on any atom is 0.325 e. The molecule has 1 heterocycles. The molecule has 3 N–H and O–H groups in total. The first-order chi connectivity index (χ1) is 16.3. The van der Waals surface area contributed by atoms with Crippen LogP contribution in [0.5, 0.6) is 0 Å². The summed E-state index contributed by atoms with van der Waals surface area (Å²) < 4.78 is 5.01. The van der Waals surface area contributed by atoms with Crippen molar-refractivity contribution in [3.8, 4) is 0 Å². The molecule has 3 rings (SSSR count). The second-order valence-corrected chi connectivity index (χ2v) is 8.00. The number of nitrogens with one attached hydrogen (secondary N) is 3. The standard InChI is InChI=1S/C24H27N5O5/c1-3-34-21(31)13-19(17-7-5-4-6-8-17)27-20(30)15-29-22(32)24(2,28-23(29)33)18-11-9-16(10-12-18)14-26-25/h4-12,19,25H,3,13-15H2,1-2H3,(H,27,30)(H,28,33)/t19-,24-/m0/s1. The van der Waals surface area contributed by atoms with Gasteiger partial charge in [0.25, 0.3) is 5.91 Å². The third-order valence-corrected chi connectivity index (χ3v) is 5.58. The van der Waals surface area contributed by atoms with Crippen LogP contribution in [0.2, 0.25) is 0 Å². The molecule has 10 nitrogen and oxygen atoms in total. The molecular formula is C24H27N5O5. The SMILES string of the molecule is CCOC(=O)C[C@H](NC(=O)CN1C(=O)N[C@@](C)(c2ccc(CN=N)cc2)C1=O)c1ccccc1. The number of rotatable bonds is 10. The zero-order valence-corrected chi connectivity index (χ0v) is 19.0. The molecule has 1 fully saturated rings. The van der Waals surface area contributed by atoms with Crippen LogP contribution in [0, 0.1) is 5.53 Å². The summed E-state index contributed by atoms with van der Waals surface area (Å²) in [5.74, 6) is -1.62. The van der Waals surface area contributed by atoms with E-state index < -0.39 is 41.9 Å². The summed E-state index contributed by atoms with van der Waals surface area (Å²) in [4.78, 5) is 51.5. The number of ether oxygens (including phenoxy) is 1. The summed E-state index contributed by atoms with van der Waals surface area (Å²) in [6.45, 7) is 3.21. The number of nitrogens with zero attached hydrogens (tertiary/aromatic N) is 2. The lowest BCUT2D eigenvalue weighted by molar-refractivity contribution is -0.144. The summed E-state index contributed by atoms with van der Waals surface area (Å²) in [7, 11) is 0. The minimum absolute atomic E-state index is 0.0849. The van der Waals surface area contributed by atoms with Crippen LogP contribution in [0.4, 0.5) is 4.79 Å². The van der Waals surface area contributed by atoms with Gasteiger partial charge in [0.15, 0.2) is 0 Å². The summed E-state index contributed by atoms with van der Waals surface area (Å²) >= 11 is 0. The van der Waals surface area contributed by atoms with Crippen molar-refractivity contribution in [1.29, 1.82) is 5.53 Å². The van der Waals surface area contributed by atoms with Crippen LogP contribution in [-0.2, 0) is 31.2 Å². The Morgan fingerprint density at radius 3 is 2.44 bits per heavy atom. The quantitative estimate of drug-likeness (QED) is 0.281. The molecule has 0 saturated carbocycles. The van der Waals surface area contributed by atoms with Gasteiger partial charge >= 0.3 is 12.0 Å². The van der Waals surface area contributed by atoms with Crippen LogP contribution < -0.4 is 10.6 Å². The summed E-state index contributed by atoms with van der Waals surface area (Å²) in [5, 5.41) is 8.72. The lowest BCUT2D eigenvalue weighted by atomic mass is 9.91. The number of urea groups is 1. The lowest BCUT2D eigenvalue weighted by Crippen LogP contribution is -2.44. The molecule has 0 spiro atoms. The van der Waals surface area contributed by atoms with Gasteiger partial charge in [0, 0.05) is 0 Å². The van der Waals surface area contributed by atoms with Crippen molar-refractivity contribution in [2.24, 2.45) is 5.11 Å². The molecule has 10 heteroatoms. The molecule has 0 aromatic heterocycles. The van der Waals surface area contributed by atoms with E-state index in [1.54, 1.807) is 62.4 Å². The van der Waals surface area contributed by atoms with Gasteiger partial charge in [-0.3, -0.25) is 19.3 Å². The summed E-state index contributed by atoms with van der Waals surface area (Å²) in [5.41, 5.74) is 7.66. The average Bonchev–Trinajstić information content (AvgIpc) is 3.04. The number of amides is 4. The Balaban J connectivity index is 1.72. The van der Waals surface area contributed by atoms with Gasteiger partial charge in [-0.05, 0) is 30.5 Å². The highest BCUT2D eigenvalue weighted by Crippen LogP contribution is 2.29. The molecule has 34 heavy (non-hydrogen) atoms. The van der Waals surface area contributed by atoms with E-state index in [0.717, 1.165) is 10.5 Å². The zero-order valence-electron chi connectivity index (χ0n) is 19.0. The second-order valence-electron chi connectivity index (χ2n) is 8.00. The van der Waals surface area contributed by atoms with Crippen molar-refractivity contribution in [3.63, 3.8) is 0 Å². The van der Waals surface area contributed by atoms with Crippen molar-refractivity contribution in [1.82, 2.24) is 15.5 Å². The topological polar surface area (TPSA) is 141 Å². The number of benzene rings is 2. The van der Waals surface area contributed by atoms with E-state index in [-0.39, 0.29) is 19.6 Å². The molecule has 4 amide bonds. The number of carbonyl (C=O) groups is 4. The lowest BCUT2D eigenvalue weighted by Gasteiger charge is -2.23. The number of imide groups is 1. The predicted molar refractivity (Wildman–Crippen MR) is 121 cm³/mol. The largest absolute Gasteiger partial charge is 0.466 e. The molecule has 1 aliphatic rings. The Morgan fingerprint density at radius 2 is 1.82 bits per heavy atom. The molecule has 2 aromatic rings. The van der Waals surface area contributed by atoms with Gasteiger partial charge in [0.05, 0.1) is 25.6 Å². The average molecular weight is 466 g/mol. The Kier molecular flexibility index (Phi) is 7.72. The van der Waals surface area contributed by atoms with E-state index in [4.69, 9.17) is 10.3 Å². The second kappa shape index (κ2) is 10.7. The van der Waals surface area contributed by atoms with Crippen molar-refractivity contribution in [2.45, 2.75) is 38.4 Å². The van der Waals surface area contributed by atoms with Gasteiger partial charge in [-0.2, -0.15) is 5.11 Å². The Bertz CT molecular complexity index is 1070. The maximum atomic E-state index is 13.1. The van der Waals surface area contributed by atoms with E-state index in [1.165, 1.54) is 0 Å². The van der Waals surface area contributed by atoms with Gasteiger partial charge in [-0.1, -0.05) is 54.6 Å². The highest BCUT2D eigenvalue weighted by molar-refractivity contribution is 6.09. The minimum atomic E-state index is -1.34. The van der Waals surface area contributed by atoms with Gasteiger partial charge in [0.1, 0.15) is 12.1 Å². The van der Waals surface area contributed by atoms with E-state index in [1.807, 2.05) is 6.07 Å². The highest BCUT2D eigenvalue weighted by atomic mass is 16.5. The fourth-order valence-corrected chi connectivity index (χ4v) is 3.78. The monoisotopic (exact) mass is 465 g/mol.